The Balaban J connectivity index is 1.69. The quantitative estimate of drug-likeness (QED) is 0.549. The van der Waals surface area contributed by atoms with Crippen LogP contribution in [-0.4, -0.2) is 34.3 Å². The number of sulfonamides is 1. The molecule has 0 saturated carbocycles. The molecule has 1 amide bonds. The molecule has 3 rings (SSSR count). The van der Waals surface area contributed by atoms with Crippen molar-refractivity contribution in [2.75, 3.05) is 5.32 Å². The Morgan fingerprint density at radius 3 is 2.57 bits per heavy atom. The van der Waals surface area contributed by atoms with Crippen molar-refractivity contribution in [2.24, 2.45) is 5.14 Å². The topological polar surface area (TPSA) is 120 Å². The summed E-state index contributed by atoms with van der Waals surface area (Å²) in [6.45, 7) is 4.46. The molecule has 3 aromatic rings. The lowest BCUT2D eigenvalue weighted by atomic mass is 10.3. The first-order valence-electron chi connectivity index (χ1n) is 8.37. The van der Waals surface area contributed by atoms with Crippen molar-refractivity contribution in [3.05, 3.63) is 41.8 Å². The largest absolute Gasteiger partial charge is 0.325 e. The van der Waals surface area contributed by atoms with E-state index in [1.807, 2.05) is 29.0 Å². The van der Waals surface area contributed by atoms with Crippen molar-refractivity contribution in [1.29, 1.82) is 0 Å². The second-order valence-electron chi connectivity index (χ2n) is 5.85. The Morgan fingerprint density at radius 2 is 2.00 bits per heavy atom. The van der Waals surface area contributed by atoms with Crippen LogP contribution in [0.1, 0.15) is 13.8 Å². The number of rotatable bonds is 7. The van der Waals surface area contributed by atoms with Crippen LogP contribution in [0.5, 0.6) is 0 Å². The first-order chi connectivity index (χ1) is 13.3. The molecule has 28 heavy (non-hydrogen) atoms. The van der Waals surface area contributed by atoms with E-state index in [2.05, 4.69) is 15.5 Å². The van der Waals surface area contributed by atoms with E-state index < -0.39 is 15.3 Å². The highest BCUT2D eigenvalue weighted by Crippen LogP contribution is 2.29. The van der Waals surface area contributed by atoms with Gasteiger partial charge < -0.3 is 9.88 Å². The van der Waals surface area contributed by atoms with Crippen LogP contribution in [-0.2, 0) is 21.4 Å². The highest BCUT2D eigenvalue weighted by atomic mass is 32.2. The number of nitrogens with two attached hydrogens (primary N) is 1. The smallest absolute Gasteiger partial charge is 0.238 e. The van der Waals surface area contributed by atoms with Gasteiger partial charge in [-0.2, -0.15) is 0 Å². The molecule has 11 heteroatoms. The van der Waals surface area contributed by atoms with Gasteiger partial charge in [-0.1, -0.05) is 17.8 Å². The number of carbonyl (C=O) groups is 1. The van der Waals surface area contributed by atoms with E-state index in [-0.39, 0.29) is 10.8 Å². The SMILES string of the molecule is CCn1c(SC(C)C(=O)Nc2ccc(S(N)(=O)=O)cc2)nnc1-c1cccs1. The number of anilines is 1. The number of thiophene rings is 1. The number of amides is 1. The van der Waals surface area contributed by atoms with Gasteiger partial charge in [0.15, 0.2) is 11.0 Å². The molecule has 2 aromatic heterocycles. The van der Waals surface area contributed by atoms with E-state index in [1.54, 1.807) is 18.3 Å². The van der Waals surface area contributed by atoms with Crippen LogP contribution >= 0.6 is 23.1 Å². The van der Waals surface area contributed by atoms with Crippen molar-refractivity contribution in [3.63, 3.8) is 0 Å². The molecular formula is C17H19N5O3S3. The maximum absolute atomic E-state index is 12.5. The van der Waals surface area contributed by atoms with Crippen molar-refractivity contribution < 1.29 is 13.2 Å². The van der Waals surface area contributed by atoms with E-state index in [0.717, 1.165) is 10.7 Å². The molecule has 3 N–H and O–H groups in total. The molecule has 1 atom stereocenters. The van der Waals surface area contributed by atoms with E-state index in [0.29, 0.717) is 17.4 Å². The van der Waals surface area contributed by atoms with Crippen LogP contribution in [0.15, 0.2) is 51.8 Å². The molecular weight excluding hydrogens is 418 g/mol. The van der Waals surface area contributed by atoms with Crippen LogP contribution in [0.2, 0.25) is 0 Å². The van der Waals surface area contributed by atoms with E-state index in [1.165, 1.54) is 36.0 Å². The molecule has 8 nitrogen and oxygen atoms in total. The van der Waals surface area contributed by atoms with Gasteiger partial charge in [0.1, 0.15) is 0 Å². The highest BCUT2D eigenvalue weighted by molar-refractivity contribution is 8.00. The predicted octanol–water partition coefficient (Wildman–Crippen LogP) is 2.79. The molecule has 0 bridgehead atoms. The zero-order valence-electron chi connectivity index (χ0n) is 15.2. The third kappa shape index (κ3) is 4.61. The molecule has 148 valence electrons. The Labute approximate surface area is 171 Å². The average Bonchev–Trinajstić information content (AvgIpc) is 3.30. The number of carbonyl (C=O) groups excluding carboxylic acids is 1. The van der Waals surface area contributed by atoms with Crippen molar-refractivity contribution >= 4 is 44.7 Å². The second-order valence-corrected chi connectivity index (χ2v) is 9.66. The first-order valence-corrected chi connectivity index (χ1v) is 11.7. The van der Waals surface area contributed by atoms with Gasteiger partial charge in [-0.15, -0.1) is 21.5 Å². The lowest BCUT2D eigenvalue weighted by Crippen LogP contribution is -2.23. The first kappa shape index (κ1) is 20.5. The summed E-state index contributed by atoms with van der Waals surface area (Å²) in [5.74, 6) is 0.558. The van der Waals surface area contributed by atoms with Crippen molar-refractivity contribution in [3.8, 4) is 10.7 Å². The summed E-state index contributed by atoms with van der Waals surface area (Å²) in [7, 11) is -3.76. The summed E-state index contributed by atoms with van der Waals surface area (Å²) in [6, 6.07) is 9.64. The monoisotopic (exact) mass is 437 g/mol. The molecule has 2 heterocycles. The molecule has 0 spiro atoms. The minimum atomic E-state index is -3.76. The highest BCUT2D eigenvalue weighted by Gasteiger charge is 2.21. The average molecular weight is 438 g/mol. The third-order valence-corrected chi connectivity index (χ3v) is 6.75. The van der Waals surface area contributed by atoms with E-state index in [9.17, 15) is 13.2 Å². The fraction of sp³-hybridized carbons (Fsp3) is 0.235. The van der Waals surface area contributed by atoms with Crippen LogP contribution in [0.3, 0.4) is 0 Å². The van der Waals surface area contributed by atoms with Crippen LogP contribution in [0, 0.1) is 0 Å². The maximum atomic E-state index is 12.5. The van der Waals surface area contributed by atoms with Gasteiger partial charge in [0, 0.05) is 12.2 Å². The summed E-state index contributed by atoms with van der Waals surface area (Å²) < 4.78 is 24.6. The number of hydrogen-bond donors (Lipinski definition) is 2. The molecule has 0 fully saturated rings. The molecule has 1 aromatic carbocycles. The lowest BCUT2D eigenvalue weighted by molar-refractivity contribution is -0.115. The molecule has 0 aliphatic heterocycles. The summed E-state index contributed by atoms with van der Waals surface area (Å²) in [5, 5.41) is 18.5. The Morgan fingerprint density at radius 1 is 1.29 bits per heavy atom. The normalized spacial score (nSPS) is 12.7. The van der Waals surface area contributed by atoms with Crippen molar-refractivity contribution in [2.45, 2.75) is 35.7 Å². The summed E-state index contributed by atoms with van der Waals surface area (Å²) >= 11 is 2.90. The van der Waals surface area contributed by atoms with Crippen LogP contribution in [0.25, 0.3) is 10.7 Å². The molecule has 0 aliphatic rings. The number of nitrogens with zero attached hydrogens (tertiary/aromatic N) is 3. The molecule has 0 saturated heterocycles. The number of primary sulfonamides is 1. The Kier molecular flexibility index (Phi) is 6.18. The van der Waals surface area contributed by atoms with Gasteiger partial charge in [0.05, 0.1) is 15.0 Å². The van der Waals surface area contributed by atoms with E-state index in [4.69, 9.17) is 5.14 Å². The Hall–Kier alpha value is -2.21. The summed E-state index contributed by atoms with van der Waals surface area (Å²) in [5.41, 5.74) is 0.487. The lowest BCUT2D eigenvalue weighted by Gasteiger charge is -2.12. The number of nitrogens with one attached hydrogen (secondary N) is 1. The predicted molar refractivity (Wildman–Crippen MR) is 111 cm³/mol. The molecule has 0 radical (unpaired) electrons. The van der Waals surface area contributed by atoms with Gasteiger partial charge in [0.25, 0.3) is 0 Å². The second kappa shape index (κ2) is 8.43. The number of benzene rings is 1. The number of thioether (sulfide) groups is 1. The standard InChI is InChI=1S/C17H19N5O3S3/c1-3-22-15(14-5-4-10-26-14)20-21-17(22)27-11(2)16(23)19-12-6-8-13(9-7-12)28(18,24)25/h4-11H,3H2,1-2H3,(H,19,23)(H2,18,24,25). The zero-order chi connectivity index (χ0) is 20.3. The van der Waals surface area contributed by atoms with Crippen LogP contribution < -0.4 is 10.5 Å². The summed E-state index contributed by atoms with van der Waals surface area (Å²) in [6.07, 6.45) is 0. The Bertz CT molecular complexity index is 1060. The fourth-order valence-corrected chi connectivity index (χ4v) is 4.58. The molecule has 0 aliphatic carbocycles. The minimum Gasteiger partial charge on any atom is -0.325 e. The third-order valence-electron chi connectivity index (χ3n) is 3.88. The van der Waals surface area contributed by atoms with Gasteiger partial charge in [-0.3, -0.25) is 4.79 Å². The van der Waals surface area contributed by atoms with Gasteiger partial charge in [0.2, 0.25) is 15.9 Å². The maximum Gasteiger partial charge on any atom is 0.238 e. The summed E-state index contributed by atoms with van der Waals surface area (Å²) in [4.78, 5) is 13.5. The van der Waals surface area contributed by atoms with Crippen molar-refractivity contribution in [1.82, 2.24) is 14.8 Å². The minimum absolute atomic E-state index is 0.00919. The zero-order valence-corrected chi connectivity index (χ0v) is 17.6. The van der Waals surface area contributed by atoms with E-state index >= 15 is 0 Å². The van der Waals surface area contributed by atoms with Gasteiger partial charge >= 0.3 is 0 Å². The van der Waals surface area contributed by atoms with Gasteiger partial charge in [-0.25, -0.2) is 13.6 Å². The number of aromatic nitrogens is 3. The fourth-order valence-electron chi connectivity index (χ4n) is 2.43. The molecule has 1 unspecified atom stereocenters. The number of hydrogen-bond acceptors (Lipinski definition) is 7. The van der Waals surface area contributed by atoms with Crippen LogP contribution in [0.4, 0.5) is 5.69 Å². The van der Waals surface area contributed by atoms with Gasteiger partial charge in [-0.05, 0) is 49.6 Å².